The molecule has 0 aliphatic carbocycles. The van der Waals surface area contributed by atoms with Crippen molar-refractivity contribution in [3.8, 4) is 11.5 Å². The van der Waals surface area contributed by atoms with E-state index in [1.807, 2.05) is 31.0 Å². The number of methoxy groups -OCH3 is 1. The highest BCUT2D eigenvalue weighted by Gasteiger charge is 2.32. The van der Waals surface area contributed by atoms with Crippen LogP contribution in [0, 0.1) is 0 Å². The topological polar surface area (TPSA) is 93.1 Å². The third-order valence-corrected chi connectivity index (χ3v) is 9.52. The highest BCUT2D eigenvalue weighted by Crippen LogP contribution is 2.48. The van der Waals surface area contributed by atoms with Gasteiger partial charge in [0.05, 0.1) is 50.4 Å². The van der Waals surface area contributed by atoms with E-state index in [1.54, 1.807) is 13.2 Å². The summed E-state index contributed by atoms with van der Waals surface area (Å²) in [4.78, 5) is 24.4. The van der Waals surface area contributed by atoms with Crippen LogP contribution in [0.5, 0.6) is 11.5 Å². The van der Waals surface area contributed by atoms with Crippen LogP contribution in [-0.2, 0) is 13.6 Å². The maximum atomic E-state index is 13.0. The number of hydrogen-bond acceptors (Lipinski definition) is 9. The van der Waals surface area contributed by atoms with Gasteiger partial charge in [-0.3, -0.25) is 14.4 Å². The van der Waals surface area contributed by atoms with E-state index in [-0.39, 0.29) is 11.9 Å². The molecule has 10 nitrogen and oxygen atoms in total. The van der Waals surface area contributed by atoms with Gasteiger partial charge < -0.3 is 33.2 Å². The monoisotopic (exact) mass is 550 g/mol. The van der Waals surface area contributed by atoms with Crippen molar-refractivity contribution in [2.45, 2.75) is 45.6 Å². The molecule has 2 fully saturated rings. The molecule has 11 heteroatoms. The van der Waals surface area contributed by atoms with E-state index >= 15 is 0 Å². The molecular weight excluding hydrogens is 507 g/mol. The molecule has 1 aromatic rings. The van der Waals surface area contributed by atoms with Gasteiger partial charge in [-0.2, -0.15) is 0 Å². The van der Waals surface area contributed by atoms with E-state index in [9.17, 15) is 9.36 Å². The third-order valence-electron chi connectivity index (χ3n) is 7.36. The second-order valence-electron chi connectivity index (χ2n) is 9.92. The lowest BCUT2D eigenvalue weighted by Gasteiger charge is -2.34. The lowest BCUT2D eigenvalue weighted by atomic mass is 10.1. The predicted octanol–water partition coefficient (Wildman–Crippen LogP) is 4.06. The molecule has 212 valence electrons. The average molecular weight is 551 g/mol. The number of piperazine rings is 1. The Morgan fingerprint density at radius 1 is 0.974 bits per heavy atom. The van der Waals surface area contributed by atoms with Crippen molar-refractivity contribution < 1.29 is 27.9 Å². The number of carbonyl (C=O) groups is 1. The Kier molecular flexibility index (Phi) is 10.6. The zero-order chi connectivity index (χ0) is 27.0. The summed E-state index contributed by atoms with van der Waals surface area (Å²) in [5.41, 5.74) is 1.22. The van der Waals surface area contributed by atoms with Gasteiger partial charge in [-0.1, -0.05) is 0 Å². The van der Waals surface area contributed by atoms with Crippen molar-refractivity contribution in [2.24, 2.45) is 4.99 Å². The molecule has 0 N–H and O–H groups in total. The Bertz CT molecular complexity index is 1000. The maximum Gasteiger partial charge on any atom is 0.330 e. The number of fused-ring (bicyclic) bond motifs is 2. The minimum atomic E-state index is -2.95. The molecule has 1 amide bonds. The molecule has 3 aliphatic heterocycles. The summed E-state index contributed by atoms with van der Waals surface area (Å²) in [6.45, 7) is 11.7. The minimum Gasteiger partial charge on any atom is -0.493 e. The van der Waals surface area contributed by atoms with Crippen LogP contribution in [-0.4, -0.2) is 112 Å². The van der Waals surface area contributed by atoms with Crippen LogP contribution in [0.15, 0.2) is 17.1 Å². The molecule has 0 spiro atoms. The van der Waals surface area contributed by atoms with Crippen LogP contribution in [0.25, 0.3) is 0 Å². The summed E-state index contributed by atoms with van der Waals surface area (Å²) >= 11 is 0. The van der Waals surface area contributed by atoms with Gasteiger partial charge in [0.15, 0.2) is 11.5 Å². The first-order valence-corrected chi connectivity index (χ1v) is 15.7. The van der Waals surface area contributed by atoms with Gasteiger partial charge in [0.1, 0.15) is 0 Å². The van der Waals surface area contributed by atoms with Crippen LogP contribution in [0.2, 0.25) is 0 Å². The Morgan fingerprint density at radius 2 is 1.66 bits per heavy atom. The molecule has 0 unspecified atom stereocenters. The van der Waals surface area contributed by atoms with Gasteiger partial charge in [0.25, 0.3) is 5.91 Å². The summed E-state index contributed by atoms with van der Waals surface area (Å²) in [6.07, 6.45) is 6.03. The van der Waals surface area contributed by atoms with Gasteiger partial charge in [0.2, 0.25) is 0 Å². The summed E-state index contributed by atoms with van der Waals surface area (Å²) in [5, 5.41) is 0. The number of nitrogens with zero attached hydrogens (tertiary/aromatic N) is 4. The van der Waals surface area contributed by atoms with E-state index in [0.29, 0.717) is 48.7 Å². The summed E-state index contributed by atoms with van der Waals surface area (Å²) in [6, 6.07) is 3.68. The fraction of sp³-hybridized carbons (Fsp3) is 0.704. The van der Waals surface area contributed by atoms with Crippen molar-refractivity contribution in [1.29, 1.82) is 0 Å². The SMILES string of the molecule is CCOP(=O)(CCCN1CCN(CCCOc2cc3c(cc2OC)C(=O)N2CCC[C@H]2C=N3)CC1)OCC. The van der Waals surface area contributed by atoms with E-state index in [1.165, 1.54) is 0 Å². The van der Waals surface area contributed by atoms with Gasteiger partial charge in [0, 0.05) is 51.5 Å². The molecule has 4 rings (SSSR count). The number of rotatable bonds is 14. The van der Waals surface area contributed by atoms with Crippen molar-refractivity contribution in [2.75, 3.05) is 78.9 Å². The van der Waals surface area contributed by atoms with E-state index < -0.39 is 7.60 Å². The fourth-order valence-corrected chi connectivity index (χ4v) is 7.02. The van der Waals surface area contributed by atoms with E-state index in [4.69, 9.17) is 18.5 Å². The molecule has 1 aromatic carbocycles. The highest BCUT2D eigenvalue weighted by atomic mass is 31.2. The zero-order valence-corrected chi connectivity index (χ0v) is 24.0. The van der Waals surface area contributed by atoms with Crippen LogP contribution in [0.1, 0.15) is 49.9 Å². The maximum absolute atomic E-state index is 13.0. The van der Waals surface area contributed by atoms with Crippen LogP contribution < -0.4 is 9.47 Å². The van der Waals surface area contributed by atoms with Crippen LogP contribution >= 0.6 is 7.60 Å². The molecule has 2 saturated heterocycles. The first-order valence-electron chi connectivity index (χ1n) is 14.0. The number of ether oxygens (including phenoxy) is 2. The average Bonchev–Trinajstić information content (AvgIpc) is 3.34. The Morgan fingerprint density at radius 3 is 2.32 bits per heavy atom. The molecular formula is C27H43N4O6P. The minimum absolute atomic E-state index is 0.0154. The van der Waals surface area contributed by atoms with Gasteiger partial charge >= 0.3 is 7.60 Å². The van der Waals surface area contributed by atoms with Crippen LogP contribution in [0.3, 0.4) is 0 Å². The Hall–Kier alpha value is -1.97. The largest absolute Gasteiger partial charge is 0.493 e. The summed E-state index contributed by atoms with van der Waals surface area (Å²) < 4.78 is 35.1. The Labute approximate surface area is 226 Å². The molecule has 0 aromatic heterocycles. The second-order valence-corrected chi connectivity index (χ2v) is 12.1. The molecule has 1 atom stereocenters. The van der Waals surface area contributed by atoms with Gasteiger partial charge in [-0.15, -0.1) is 0 Å². The third kappa shape index (κ3) is 7.36. The zero-order valence-electron chi connectivity index (χ0n) is 23.1. The van der Waals surface area contributed by atoms with Crippen molar-refractivity contribution in [3.63, 3.8) is 0 Å². The number of amides is 1. The fourth-order valence-electron chi connectivity index (χ4n) is 5.37. The van der Waals surface area contributed by atoms with E-state index in [0.717, 1.165) is 71.5 Å². The molecule has 0 radical (unpaired) electrons. The summed E-state index contributed by atoms with van der Waals surface area (Å²) in [7, 11) is -1.35. The smallest absolute Gasteiger partial charge is 0.330 e. The van der Waals surface area contributed by atoms with Crippen molar-refractivity contribution in [1.82, 2.24) is 14.7 Å². The number of aliphatic imine (C=N–C) groups is 1. The standard InChI is InChI=1S/C27H43N4O6P/c1-4-36-38(33,37-5-2)18-8-11-30-15-13-29(14-16-30)10-7-17-35-26-20-24-23(19-25(26)34-3)27(32)31-12-6-9-22(31)21-28-24/h19-22H,4-18H2,1-3H3/t22-/m0/s1. The predicted molar refractivity (Wildman–Crippen MR) is 149 cm³/mol. The molecule has 3 aliphatic rings. The first-order chi connectivity index (χ1) is 18.5. The van der Waals surface area contributed by atoms with E-state index in [2.05, 4.69) is 14.8 Å². The number of carbonyl (C=O) groups excluding carboxylic acids is 1. The molecule has 3 heterocycles. The number of hydrogen-bond donors (Lipinski definition) is 0. The molecule has 0 saturated carbocycles. The van der Waals surface area contributed by atoms with Crippen molar-refractivity contribution >= 4 is 25.4 Å². The van der Waals surface area contributed by atoms with Crippen molar-refractivity contribution in [3.05, 3.63) is 17.7 Å². The number of benzene rings is 1. The second kappa shape index (κ2) is 13.9. The highest BCUT2D eigenvalue weighted by molar-refractivity contribution is 7.53. The van der Waals surface area contributed by atoms with Gasteiger partial charge in [-0.05, 0) is 52.1 Å². The lowest BCUT2D eigenvalue weighted by molar-refractivity contribution is 0.0774. The molecule has 38 heavy (non-hydrogen) atoms. The quantitative estimate of drug-likeness (QED) is 0.253. The van der Waals surface area contributed by atoms with Gasteiger partial charge in [-0.25, -0.2) is 0 Å². The first kappa shape index (κ1) is 29.0. The normalized spacial score (nSPS) is 20.3. The lowest BCUT2D eigenvalue weighted by Crippen LogP contribution is -2.47. The van der Waals surface area contributed by atoms with Crippen LogP contribution in [0.4, 0.5) is 5.69 Å². The molecule has 0 bridgehead atoms. The Balaban J connectivity index is 1.19. The summed E-state index contributed by atoms with van der Waals surface area (Å²) in [5.74, 6) is 1.21.